The van der Waals surface area contributed by atoms with Crippen LogP contribution in [0, 0.1) is 0 Å². The quantitative estimate of drug-likeness (QED) is 0.829. The highest BCUT2D eigenvalue weighted by atomic mass is 35.5. The second kappa shape index (κ2) is 5.73. The molecule has 20 heavy (non-hydrogen) atoms. The van der Waals surface area contributed by atoms with Crippen molar-refractivity contribution in [1.29, 1.82) is 0 Å². The number of nitrogens with two attached hydrogens (primary N) is 2. The van der Waals surface area contributed by atoms with Crippen LogP contribution in [-0.4, -0.2) is 29.8 Å². The minimum absolute atomic E-state index is 0.135. The van der Waals surface area contributed by atoms with Crippen molar-refractivity contribution < 1.29 is 9.59 Å². The predicted molar refractivity (Wildman–Crippen MR) is 79.2 cm³/mol. The van der Waals surface area contributed by atoms with Gasteiger partial charge in [0, 0.05) is 25.6 Å². The zero-order chi connectivity index (χ0) is 14.9. The van der Waals surface area contributed by atoms with Crippen LogP contribution in [-0.2, 0) is 9.59 Å². The number of nitrogens with zero attached hydrogens (tertiary/aromatic N) is 1. The van der Waals surface area contributed by atoms with Gasteiger partial charge in [-0.3, -0.25) is 9.59 Å². The van der Waals surface area contributed by atoms with Gasteiger partial charge in [0.1, 0.15) is 0 Å². The predicted octanol–water partition coefficient (Wildman–Crippen LogP) is 1.68. The number of primary amides is 1. The smallest absolute Gasteiger partial charge is 0.247 e. The van der Waals surface area contributed by atoms with Gasteiger partial charge in [0.2, 0.25) is 11.8 Å². The number of rotatable bonds is 4. The fourth-order valence-corrected chi connectivity index (χ4v) is 2.44. The first-order chi connectivity index (χ1) is 9.38. The van der Waals surface area contributed by atoms with Crippen LogP contribution >= 0.6 is 23.2 Å². The van der Waals surface area contributed by atoms with Crippen molar-refractivity contribution in [2.75, 3.05) is 18.8 Å². The largest absolute Gasteiger partial charge is 0.396 e. The first-order valence-electron chi connectivity index (χ1n) is 5.91. The number of anilines is 1. The van der Waals surface area contributed by atoms with Crippen LogP contribution in [0.4, 0.5) is 5.69 Å². The standard InChI is InChI=1S/C13H13Cl2N3O2/c14-9-3-7(4-10(15)13(9)17)8-5-12(20)18(6-8)2-1-11(16)19/h3-5H,1-2,6,17H2,(H2,16,19). The first kappa shape index (κ1) is 14.7. The SMILES string of the molecule is NC(=O)CCN1CC(c2cc(Cl)c(N)c(Cl)c2)=CC1=O. The lowest BCUT2D eigenvalue weighted by Crippen LogP contribution is -2.29. The summed E-state index contributed by atoms with van der Waals surface area (Å²) in [5.41, 5.74) is 12.6. The van der Waals surface area contributed by atoms with Crippen molar-refractivity contribution in [1.82, 2.24) is 4.90 Å². The molecule has 1 aromatic rings. The second-order valence-electron chi connectivity index (χ2n) is 4.50. The van der Waals surface area contributed by atoms with E-state index in [4.69, 9.17) is 34.7 Å². The van der Waals surface area contributed by atoms with Crippen molar-refractivity contribution in [2.24, 2.45) is 5.73 Å². The van der Waals surface area contributed by atoms with E-state index in [-0.39, 0.29) is 12.3 Å². The molecule has 0 saturated heterocycles. The number of carbonyl (C=O) groups is 2. The fraction of sp³-hybridized carbons (Fsp3) is 0.231. The van der Waals surface area contributed by atoms with Crippen LogP contribution in [0.1, 0.15) is 12.0 Å². The Balaban J connectivity index is 2.17. The van der Waals surface area contributed by atoms with E-state index in [0.29, 0.717) is 28.8 Å². The van der Waals surface area contributed by atoms with Gasteiger partial charge in [0.05, 0.1) is 15.7 Å². The molecule has 5 nitrogen and oxygen atoms in total. The minimum atomic E-state index is -0.440. The lowest BCUT2D eigenvalue weighted by molar-refractivity contribution is -0.125. The summed E-state index contributed by atoms with van der Waals surface area (Å²) in [4.78, 5) is 24.1. The number of hydrogen-bond acceptors (Lipinski definition) is 3. The van der Waals surface area contributed by atoms with Gasteiger partial charge in [0.25, 0.3) is 0 Å². The number of benzene rings is 1. The highest BCUT2D eigenvalue weighted by Gasteiger charge is 2.23. The Morgan fingerprint density at radius 2 is 1.90 bits per heavy atom. The average molecular weight is 314 g/mol. The summed E-state index contributed by atoms with van der Waals surface area (Å²) in [5, 5.41) is 0.688. The van der Waals surface area contributed by atoms with Crippen LogP contribution < -0.4 is 11.5 Å². The average Bonchev–Trinajstić information content (AvgIpc) is 2.74. The molecule has 0 spiro atoms. The van der Waals surface area contributed by atoms with Gasteiger partial charge in [0.15, 0.2) is 0 Å². The summed E-state index contributed by atoms with van der Waals surface area (Å²) < 4.78 is 0. The monoisotopic (exact) mass is 313 g/mol. The van der Waals surface area contributed by atoms with Crippen molar-refractivity contribution in [3.05, 3.63) is 33.8 Å². The van der Waals surface area contributed by atoms with E-state index in [2.05, 4.69) is 0 Å². The van der Waals surface area contributed by atoms with E-state index in [9.17, 15) is 9.59 Å². The maximum Gasteiger partial charge on any atom is 0.247 e. The molecule has 2 rings (SSSR count). The summed E-state index contributed by atoms with van der Waals surface area (Å²) in [7, 11) is 0. The van der Waals surface area contributed by atoms with Gasteiger partial charge in [-0.15, -0.1) is 0 Å². The molecular weight excluding hydrogens is 301 g/mol. The molecule has 0 fully saturated rings. The van der Waals surface area contributed by atoms with Crippen LogP contribution in [0.3, 0.4) is 0 Å². The minimum Gasteiger partial charge on any atom is -0.396 e. The number of halogens is 2. The molecule has 1 heterocycles. The summed E-state index contributed by atoms with van der Waals surface area (Å²) in [6, 6.07) is 3.33. The molecule has 106 valence electrons. The van der Waals surface area contributed by atoms with E-state index >= 15 is 0 Å². The Hall–Kier alpha value is -1.72. The molecule has 4 N–H and O–H groups in total. The van der Waals surface area contributed by atoms with Crippen molar-refractivity contribution >= 4 is 46.3 Å². The van der Waals surface area contributed by atoms with Gasteiger partial charge in [-0.25, -0.2) is 0 Å². The number of amides is 2. The lowest BCUT2D eigenvalue weighted by Gasteiger charge is -2.15. The van der Waals surface area contributed by atoms with Gasteiger partial charge in [-0.1, -0.05) is 23.2 Å². The van der Waals surface area contributed by atoms with E-state index in [1.165, 1.54) is 11.0 Å². The molecule has 2 amide bonds. The normalized spacial score (nSPS) is 14.6. The first-order valence-corrected chi connectivity index (χ1v) is 6.66. The van der Waals surface area contributed by atoms with Crippen LogP contribution in [0.25, 0.3) is 5.57 Å². The van der Waals surface area contributed by atoms with Gasteiger partial charge in [-0.05, 0) is 23.3 Å². The van der Waals surface area contributed by atoms with E-state index in [1.807, 2.05) is 0 Å². The number of nitrogen functional groups attached to an aromatic ring is 1. The molecule has 0 radical (unpaired) electrons. The topological polar surface area (TPSA) is 89.4 Å². The third-order valence-corrected chi connectivity index (χ3v) is 3.67. The number of carbonyl (C=O) groups excluding carboxylic acids is 2. The van der Waals surface area contributed by atoms with Crippen LogP contribution in [0.5, 0.6) is 0 Å². The third kappa shape index (κ3) is 3.05. The molecule has 0 saturated carbocycles. The summed E-state index contributed by atoms with van der Waals surface area (Å²) in [6.07, 6.45) is 1.63. The molecule has 0 bridgehead atoms. The Morgan fingerprint density at radius 3 is 2.45 bits per heavy atom. The summed E-state index contributed by atoms with van der Waals surface area (Å²) >= 11 is 12.0. The third-order valence-electron chi connectivity index (χ3n) is 3.05. The van der Waals surface area contributed by atoms with E-state index in [0.717, 1.165) is 11.1 Å². The molecule has 1 aliphatic heterocycles. The Labute approximate surface area is 126 Å². The lowest BCUT2D eigenvalue weighted by atomic mass is 10.1. The molecule has 0 unspecified atom stereocenters. The van der Waals surface area contributed by atoms with Crippen molar-refractivity contribution in [3.8, 4) is 0 Å². The zero-order valence-electron chi connectivity index (χ0n) is 10.5. The number of hydrogen-bond donors (Lipinski definition) is 2. The molecule has 0 atom stereocenters. The second-order valence-corrected chi connectivity index (χ2v) is 5.31. The van der Waals surface area contributed by atoms with Gasteiger partial charge in [-0.2, -0.15) is 0 Å². The Bertz CT molecular complexity index is 591. The van der Waals surface area contributed by atoms with Crippen LogP contribution in [0.15, 0.2) is 18.2 Å². The summed E-state index contributed by atoms with van der Waals surface area (Å²) in [6.45, 7) is 0.688. The fourth-order valence-electron chi connectivity index (χ4n) is 1.95. The van der Waals surface area contributed by atoms with Gasteiger partial charge >= 0.3 is 0 Å². The molecule has 0 aromatic heterocycles. The summed E-state index contributed by atoms with van der Waals surface area (Å²) in [5.74, 6) is -0.602. The van der Waals surface area contributed by atoms with E-state index in [1.54, 1.807) is 12.1 Å². The van der Waals surface area contributed by atoms with Crippen LogP contribution in [0.2, 0.25) is 10.0 Å². The molecule has 1 aliphatic rings. The molecule has 7 heteroatoms. The maximum atomic E-state index is 11.8. The molecule has 1 aromatic carbocycles. The highest BCUT2D eigenvalue weighted by Crippen LogP contribution is 2.33. The molecule has 0 aliphatic carbocycles. The maximum absolute atomic E-state index is 11.8. The zero-order valence-corrected chi connectivity index (χ0v) is 12.0. The van der Waals surface area contributed by atoms with E-state index < -0.39 is 5.91 Å². The highest BCUT2D eigenvalue weighted by molar-refractivity contribution is 6.39. The Kier molecular flexibility index (Phi) is 4.20. The molecular formula is C13H13Cl2N3O2. The van der Waals surface area contributed by atoms with Gasteiger partial charge < -0.3 is 16.4 Å². The Morgan fingerprint density at radius 1 is 1.30 bits per heavy atom. The van der Waals surface area contributed by atoms with Crippen molar-refractivity contribution in [2.45, 2.75) is 6.42 Å². The van der Waals surface area contributed by atoms with Crippen molar-refractivity contribution in [3.63, 3.8) is 0 Å².